The minimum atomic E-state index is -0.259. The lowest BCUT2D eigenvalue weighted by molar-refractivity contribution is 0.0925. The minimum absolute atomic E-state index is 0.259. The molecule has 0 saturated carbocycles. The van der Waals surface area contributed by atoms with Gasteiger partial charge in [0.2, 0.25) is 0 Å². The number of hydrogen-bond donors (Lipinski definition) is 1. The highest BCUT2D eigenvalue weighted by Gasteiger charge is 2.14. The van der Waals surface area contributed by atoms with Crippen LogP contribution in [-0.2, 0) is 6.54 Å². The zero-order chi connectivity index (χ0) is 15.7. The Morgan fingerprint density at radius 3 is 2.68 bits per heavy atom. The standard InChI is InChI=1S/C16H14BrN3O2/c1-9-12(10(2)20-8-19-9)7-18-16(21)15-6-11-13(17)4-3-5-14(11)22-15/h3-6,8H,7H2,1-2H3,(H,18,21). The maximum Gasteiger partial charge on any atom is 0.287 e. The second-order valence-corrected chi connectivity index (χ2v) is 5.82. The Morgan fingerprint density at radius 2 is 2.00 bits per heavy atom. The molecule has 3 rings (SSSR count). The molecule has 0 saturated heterocycles. The van der Waals surface area contributed by atoms with Gasteiger partial charge in [-0.25, -0.2) is 9.97 Å². The van der Waals surface area contributed by atoms with E-state index in [0.717, 1.165) is 26.8 Å². The number of benzene rings is 1. The molecule has 1 amide bonds. The Hall–Kier alpha value is -2.21. The predicted octanol–water partition coefficient (Wildman–Crippen LogP) is 3.53. The summed E-state index contributed by atoms with van der Waals surface area (Å²) in [6.45, 7) is 4.17. The highest BCUT2D eigenvalue weighted by atomic mass is 79.9. The fraction of sp³-hybridized carbons (Fsp3) is 0.188. The lowest BCUT2D eigenvalue weighted by Gasteiger charge is -2.08. The monoisotopic (exact) mass is 359 g/mol. The number of carbonyl (C=O) groups is 1. The average molecular weight is 360 g/mol. The van der Waals surface area contributed by atoms with Gasteiger partial charge in [-0.3, -0.25) is 4.79 Å². The summed E-state index contributed by atoms with van der Waals surface area (Å²) in [6.07, 6.45) is 1.52. The molecular weight excluding hydrogens is 346 g/mol. The van der Waals surface area contributed by atoms with E-state index in [9.17, 15) is 4.79 Å². The zero-order valence-corrected chi connectivity index (χ0v) is 13.8. The highest BCUT2D eigenvalue weighted by Crippen LogP contribution is 2.26. The molecule has 1 aromatic carbocycles. The van der Waals surface area contributed by atoms with Gasteiger partial charge in [0.25, 0.3) is 5.91 Å². The molecule has 0 spiro atoms. The number of aromatic nitrogens is 2. The highest BCUT2D eigenvalue weighted by molar-refractivity contribution is 9.10. The summed E-state index contributed by atoms with van der Waals surface area (Å²) < 4.78 is 6.49. The van der Waals surface area contributed by atoms with Crippen molar-refractivity contribution >= 4 is 32.8 Å². The van der Waals surface area contributed by atoms with Gasteiger partial charge in [-0.05, 0) is 32.0 Å². The van der Waals surface area contributed by atoms with Crippen LogP contribution in [0.4, 0.5) is 0 Å². The number of carbonyl (C=O) groups excluding carboxylic acids is 1. The van der Waals surface area contributed by atoms with Gasteiger partial charge in [-0.1, -0.05) is 22.0 Å². The van der Waals surface area contributed by atoms with E-state index in [4.69, 9.17) is 4.42 Å². The number of nitrogens with one attached hydrogen (secondary N) is 1. The van der Waals surface area contributed by atoms with Crippen molar-refractivity contribution in [3.8, 4) is 0 Å². The first kappa shape index (κ1) is 14.7. The first-order valence-electron chi connectivity index (χ1n) is 6.79. The van der Waals surface area contributed by atoms with Gasteiger partial charge in [-0.2, -0.15) is 0 Å². The van der Waals surface area contributed by atoms with E-state index in [-0.39, 0.29) is 11.7 Å². The fourth-order valence-corrected chi connectivity index (χ4v) is 2.73. The van der Waals surface area contributed by atoms with Crippen LogP contribution in [0.1, 0.15) is 27.5 Å². The van der Waals surface area contributed by atoms with E-state index in [1.165, 1.54) is 6.33 Å². The van der Waals surface area contributed by atoms with Gasteiger partial charge in [0.15, 0.2) is 5.76 Å². The van der Waals surface area contributed by atoms with E-state index in [0.29, 0.717) is 12.1 Å². The van der Waals surface area contributed by atoms with Crippen molar-refractivity contribution in [3.05, 3.63) is 57.8 Å². The number of aryl methyl sites for hydroxylation is 2. The summed E-state index contributed by atoms with van der Waals surface area (Å²) in [5.74, 6) is 0.0276. The maximum atomic E-state index is 12.3. The van der Waals surface area contributed by atoms with Crippen LogP contribution < -0.4 is 5.32 Å². The summed E-state index contributed by atoms with van der Waals surface area (Å²) in [7, 11) is 0. The molecule has 0 bridgehead atoms. The molecular formula is C16H14BrN3O2. The lowest BCUT2D eigenvalue weighted by atomic mass is 10.1. The first-order valence-corrected chi connectivity index (χ1v) is 7.59. The van der Waals surface area contributed by atoms with Gasteiger partial charge in [-0.15, -0.1) is 0 Å². The van der Waals surface area contributed by atoms with Crippen molar-refractivity contribution in [1.82, 2.24) is 15.3 Å². The third-order valence-corrected chi connectivity index (χ3v) is 4.23. The molecule has 5 nitrogen and oxygen atoms in total. The number of halogens is 1. The number of amides is 1. The van der Waals surface area contributed by atoms with Crippen molar-refractivity contribution in [2.45, 2.75) is 20.4 Å². The van der Waals surface area contributed by atoms with Crippen LogP contribution in [0.2, 0.25) is 0 Å². The van der Waals surface area contributed by atoms with Crippen molar-refractivity contribution in [1.29, 1.82) is 0 Å². The van der Waals surface area contributed by atoms with E-state index >= 15 is 0 Å². The average Bonchev–Trinajstić information content (AvgIpc) is 2.92. The van der Waals surface area contributed by atoms with E-state index in [2.05, 4.69) is 31.2 Å². The van der Waals surface area contributed by atoms with E-state index in [1.807, 2.05) is 32.0 Å². The molecule has 0 aliphatic heterocycles. The van der Waals surface area contributed by atoms with Gasteiger partial charge < -0.3 is 9.73 Å². The summed E-state index contributed by atoms with van der Waals surface area (Å²) in [6, 6.07) is 7.34. The number of nitrogens with zero attached hydrogens (tertiary/aromatic N) is 2. The van der Waals surface area contributed by atoms with Crippen LogP contribution in [0.5, 0.6) is 0 Å². The molecule has 0 unspecified atom stereocenters. The molecule has 2 aromatic heterocycles. The Kier molecular flexibility index (Phi) is 3.94. The van der Waals surface area contributed by atoms with Crippen LogP contribution in [-0.4, -0.2) is 15.9 Å². The maximum absolute atomic E-state index is 12.3. The quantitative estimate of drug-likeness (QED) is 0.776. The van der Waals surface area contributed by atoms with Crippen LogP contribution in [0.3, 0.4) is 0 Å². The molecule has 3 aromatic rings. The fourth-order valence-electron chi connectivity index (χ4n) is 2.27. The number of fused-ring (bicyclic) bond motifs is 1. The van der Waals surface area contributed by atoms with Gasteiger partial charge in [0.1, 0.15) is 11.9 Å². The van der Waals surface area contributed by atoms with Crippen molar-refractivity contribution in [2.24, 2.45) is 0 Å². The SMILES string of the molecule is Cc1ncnc(C)c1CNC(=O)c1cc2c(Br)cccc2o1. The predicted molar refractivity (Wildman–Crippen MR) is 86.6 cm³/mol. The lowest BCUT2D eigenvalue weighted by Crippen LogP contribution is -2.23. The van der Waals surface area contributed by atoms with Gasteiger partial charge in [0.05, 0.1) is 0 Å². The van der Waals surface area contributed by atoms with Crippen LogP contribution in [0, 0.1) is 13.8 Å². The zero-order valence-electron chi connectivity index (χ0n) is 12.2. The third-order valence-electron chi connectivity index (χ3n) is 3.53. The van der Waals surface area contributed by atoms with Gasteiger partial charge >= 0.3 is 0 Å². The largest absolute Gasteiger partial charge is 0.451 e. The molecule has 2 heterocycles. The molecule has 1 N–H and O–H groups in total. The Bertz CT molecular complexity index is 837. The van der Waals surface area contributed by atoms with Crippen molar-refractivity contribution in [3.63, 3.8) is 0 Å². The number of rotatable bonds is 3. The van der Waals surface area contributed by atoms with Crippen LogP contribution >= 0.6 is 15.9 Å². The van der Waals surface area contributed by atoms with Crippen LogP contribution in [0.15, 0.2) is 39.5 Å². The van der Waals surface area contributed by atoms with Crippen LogP contribution in [0.25, 0.3) is 11.0 Å². The van der Waals surface area contributed by atoms with Crippen molar-refractivity contribution in [2.75, 3.05) is 0 Å². The number of furan rings is 1. The second-order valence-electron chi connectivity index (χ2n) is 4.97. The normalized spacial score (nSPS) is 10.9. The molecule has 0 fully saturated rings. The summed E-state index contributed by atoms with van der Waals surface area (Å²) in [4.78, 5) is 20.6. The molecule has 0 radical (unpaired) electrons. The summed E-state index contributed by atoms with van der Waals surface area (Å²) >= 11 is 3.45. The van der Waals surface area contributed by atoms with Gasteiger partial charge in [0, 0.05) is 33.4 Å². The Labute approximate surface area is 135 Å². The van der Waals surface area contributed by atoms with E-state index in [1.54, 1.807) is 6.07 Å². The molecule has 22 heavy (non-hydrogen) atoms. The third kappa shape index (κ3) is 2.74. The van der Waals surface area contributed by atoms with Crippen molar-refractivity contribution < 1.29 is 9.21 Å². The summed E-state index contributed by atoms with van der Waals surface area (Å²) in [5, 5.41) is 3.73. The second kappa shape index (κ2) is 5.88. The minimum Gasteiger partial charge on any atom is -0.451 e. The smallest absolute Gasteiger partial charge is 0.287 e. The Balaban J connectivity index is 1.80. The molecule has 0 aliphatic carbocycles. The van der Waals surface area contributed by atoms with E-state index < -0.39 is 0 Å². The number of hydrogen-bond acceptors (Lipinski definition) is 4. The Morgan fingerprint density at radius 1 is 1.27 bits per heavy atom. The molecule has 0 atom stereocenters. The topological polar surface area (TPSA) is 68.0 Å². The molecule has 6 heteroatoms. The molecule has 0 aliphatic rings. The first-order chi connectivity index (χ1) is 10.6. The summed E-state index contributed by atoms with van der Waals surface area (Å²) in [5.41, 5.74) is 3.32. The molecule has 112 valence electrons.